The van der Waals surface area contributed by atoms with Crippen molar-refractivity contribution in [1.82, 2.24) is 19.7 Å². The third-order valence-electron chi connectivity index (χ3n) is 6.06. The lowest BCUT2D eigenvalue weighted by Crippen LogP contribution is -2.40. The molecule has 5 rings (SSSR count). The van der Waals surface area contributed by atoms with Crippen molar-refractivity contribution < 1.29 is 4.74 Å². The van der Waals surface area contributed by atoms with Crippen LogP contribution in [-0.4, -0.2) is 45.5 Å². The molecule has 0 saturated carbocycles. The molecule has 29 heavy (non-hydrogen) atoms. The second kappa shape index (κ2) is 7.15. The average Bonchev–Trinajstić information content (AvgIpc) is 3.33. The highest BCUT2D eigenvalue weighted by Crippen LogP contribution is 2.48. The Bertz CT molecular complexity index is 994. The molecule has 0 atom stereocenters. The van der Waals surface area contributed by atoms with Gasteiger partial charge in [0.2, 0.25) is 5.95 Å². The van der Waals surface area contributed by atoms with Crippen molar-refractivity contribution in [3.8, 4) is 5.82 Å². The van der Waals surface area contributed by atoms with E-state index in [0.717, 1.165) is 44.1 Å². The smallest absolute Gasteiger partial charge is 0.247 e. The van der Waals surface area contributed by atoms with Gasteiger partial charge in [-0.25, -0.2) is 9.67 Å². The summed E-state index contributed by atoms with van der Waals surface area (Å²) in [6, 6.07) is 12.8. The van der Waals surface area contributed by atoms with Crippen molar-refractivity contribution in [2.75, 3.05) is 30.0 Å². The van der Waals surface area contributed by atoms with Gasteiger partial charge in [0.05, 0.1) is 0 Å². The number of ether oxygens (including phenoxy) is 1. The zero-order valence-electron chi connectivity index (χ0n) is 16.9. The number of anilines is 3. The van der Waals surface area contributed by atoms with E-state index in [1.165, 1.54) is 11.3 Å². The Morgan fingerprint density at radius 2 is 1.97 bits per heavy atom. The minimum atomic E-state index is 0.217. The highest BCUT2D eigenvalue weighted by molar-refractivity contribution is 5.71. The lowest BCUT2D eigenvalue weighted by Gasteiger charge is -2.35. The van der Waals surface area contributed by atoms with Crippen LogP contribution in [0.1, 0.15) is 32.3 Å². The van der Waals surface area contributed by atoms with Gasteiger partial charge in [-0.1, -0.05) is 12.1 Å². The van der Waals surface area contributed by atoms with Gasteiger partial charge >= 0.3 is 0 Å². The molecular formula is C22H26N6O. The van der Waals surface area contributed by atoms with Crippen molar-refractivity contribution in [3.63, 3.8) is 0 Å². The van der Waals surface area contributed by atoms with E-state index in [1.54, 1.807) is 17.2 Å². The minimum absolute atomic E-state index is 0.217. The Kier molecular flexibility index (Phi) is 4.47. The van der Waals surface area contributed by atoms with Crippen LogP contribution < -0.4 is 10.2 Å². The second-order valence-corrected chi connectivity index (χ2v) is 8.17. The van der Waals surface area contributed by atoms with E-state index in [-0.39, 0.29) is 5.41 Å². The molecule has 1 aromatic carbocycles. The molecule has 150 valence electrons. The first-order chi connectivity index (χ1) is 14.1. The molecule has 3 aromatic rings. The van der Waals surface area contributed by atoms with Gasteiger partial charge in [-0.3, -0.25) is 0 Å². The Hall–Kier alpha value is -2.93. The van der Waals surface area contributed by atoms with Crippen molar-refractivity contribution >= 4 is 17.3 Å². The molecule has 0 amide bonds. The molecule has 0 aliphatic carbocycles. The number of nitrogens with one attached hydrogen (secondary N) is 1. The molecule has 1 N–H and O–H groups in total. The van der Waals surface area contributed by atoms with E-state index in [0.29, 0.717) is 12.0 Å². The molecule has 2 aliphatic rings. The van der Waals surface area contributed by atoms with E-state index in [9.17, 15) is 0 Å². The monoisotopic (exact) mass is 390 g/mol. The molecule has 0 unspecified atom stereocenters. The summed E-state index contributed by atoms with van der Waals surface area (Å²) >= 11 is 0. The highest BCUT2D eigenvalue weighted by atomic mass is 16.5. The minimum Gasteiger partial charge on any atom is -0.381 e. The van der Waals surface area contributed by atoms with Crippen LogP contribution in [0, 0.1) is 0 Å². The maximum absolute atomic E-state index is 5.65. The third-order valence-corrected chi connectivity index (χ3v) is 6.06. The van der Waals surface area contributed by atoms with Crippen molar-refractivity contribution in [2.24, 2.45) is 0 Å². The number of nitrogens with zero attached hydrogens (tertiary/aromatic N) is 5. The topological polar surface area (TPSA) is 68.1 Å². The first-order valence-electron chi connectivity index (χ1n) is 10.2. The normalized spacial score (nSPS) is 17.7. The zero-order chi connectivity index (χ0) is 19.8. The Morgan fingerprint density at radius 1 is 1.10 bits per heavy atom. The molecule has 4 heterocycles. The molecule has 1 fully saturated rings. The summed E-state index contributed by atoms with van der Waals surface area (Å²) in [4.78, 5) is 11.2. The summed E-state index contributed by atoms with van der Waals surface area (Å²) < 4.78 is 7.33. The van der Waals surface area contributed by atoms with Gasteiger partial charge in [0, 0.05) is 48.8 Å². The predicted octanol–water partition coefficient (Wildman–Crippen LogP) is 3.68. The number of hydrogen-bond donors (Lipinski definition) is 1. The maximum atomic E-state index is 5.65. The molecular weight excluding hydrogens is 364 g/mol. The lowest BCUT2D eigenvalue weighted by molar-refractivity contribution is 0.0551. The zero-order valence-corrected chi connectivity index (χ0v) is 16.9. The van der Waals surface area contributed by atoms with Crippen LogP contribution in [0.4, 0.5) is 17.3 Å². The molecule has 1 spiro atoms. The number of benzene rings is 1. The van der Waals surface area contributed by atoms with Crippen molar-refractivity contribution in [2.45, 2.75) is 38.1 Å². The van der Waals surface area contributed by atoms with Gasteiger partial charge in [0.25, 0.3) is 0 Å². The third kappa shape index (κ3) is 3.25. The summed E-state index contributed by atoms with van der Waals surface area (Å²) in [6.07, 6.45) is 5.60. The average molecular weight is 390 g/mol. The van der Waals surface area contributed by atoms with Crippen LogP contribution in [0.15, 0.2) is 48.9 Å². The standard InChI is InChI=1S/C22H26N6O/c1-16(2)27-14-22(8-11-29-12-9-22)18-7-6-17(13-19(18)27)25-21-24-15-28(26-21)20-5-3-4-10-23-20/h3-7,10,13,15-16H,8-9,11-12,14H2,1-2H3,(H,25,26). The fourth-order valence-corrected chi connectivity index (χ4v) is 4.49. The quantitative estimate of drug-likeness (QED) is 0.733. The number of aromatic nitrogens is 4. The van der Waals surface area contributed by atoms with Crippen molar-refractivity contribution in [3.05, 3.63) is 54.5 Å². The van der Waals surface area contributed by atoms with Crippen LogP contribution in [0.2, 0.25) is 0 Å². The summed E-state index contributed by atoms with van der Waals surface area (Å²) in [5, 5.41) is 7.86. The molecule has 0 bridgehead atoms. The molecule has 1 saturated heterocycles. The highest BCUT2D eigenvalue weighted by Gasteiger charge is 2.44. The van der Waals surface area contributed by atoms with Gasteiger partial charge in [0.1, 0.15) is 6.33 Å². The van der Waals surface area contributed by atoms with Crippen LogP contribution in [0.3, 0.4) is 0 Å². The van der Waals surface area contributed by atoms with E-state index in [1.807, 2.05) is 18.2 Å². The summed E-state index contributed by atoms with van der Waals surface area (Å²) in [6.45, 7) is 7.29. The van der Waals surface area contributed by atoms with Gasteiger partial charge in [-0.15, -0.1) is 5.10 Å². The predicted molar refractivity (Wildman–Crippen MR) is 113 cm³/mol. The lowest BCUT2D eigenvalue weighted by atomic mass is 9.76. The van der Waals surface area contributed by atoms with E-state index >= 15 is 0 Å². The fourth-order valence-electron chi connectivity index (χ4n) is 4.49. The van der Waals surface area contributed by atoms with Gasteiger partial charge in [-0.05, 0) is 56.5 Å². The van der Waals surface area contributed by atoms with E-state index in [4.69, 9.17) is 4.74 Å². The molecule has 2 aromatic heterocycles. The number of hydrogen-bond acceptors (Lipinski definition) is 6. The SMILES string of the molecule is CC(C)N1CC2(CCOCC2)c2ccc(Nc3ncn(-c4ccccn4)n3)cc21. The largest absolute Gasteiger partial charge is 0.381 e. The second-order valence-electron chi connectivity index (χ2n) is 8.17. The van der Waals surface area contributed by atoms with Crippen molar-refractivity contribution in [1.29, 1.82) is 0 Å². The molecule has 7 heteroatoms. The van der Waals surface area contributed by atoms with E-state index < -0.39 is 0 Å². The summed E-state index contributed by atoms with van der Waals surface area (Å²) in [5.41, 5.74) is 3.98. The Labute approximate surface area is 170 Å². The van der Waals surface area contributed by atoms with Crippen LogP contribution in [0.25, 0.3) is 5.82 Å². The number of rotatable bonds is 4. The van der Waals surface area contributed by atoms with Gasteiger partial charge in [-0.2, -0.15) is 4.98 Å². The first kappa shape index (κ1) is 18.1. The Balaban J connectivity index is 1.43. The summed E-state index contributed by atoms with van der Waals surface area (Å²) in [5.74, 6) is 1.31. The van der Waals surface area contributed by atoms with Crippen LogP contribution in [-0.2, 0) is 10.2 Å². The summed E-state index contributed by atoms with van der Waals surface area (Å²) in [7, 11) is 0. The first-order valence-corrected chi connectivity index (χ1v) is 10.2. The van der Waals surface area contributed by atoms with Crippen LogP contribution in [0.5, 0.6) is 0 Å². The fraction of sp³-hybridized carbons (Fsp3) is 0.409. The van der Waals surface area contributed by atoms with Gasteiger partial charge < -0.3 is 15.0 Å². The van der Waals surface area contributed by atoms with E-state index in [2.05, 4.69) is 57.3 Å². The molecule has 0 radical (unpaired) electrons. The van der Waals surface area contributed by atoms with Gasteiger partial charge in [0.15, 0.2) is 5.82 Å². The number of pyridine rings is 1. The Morgan fingerprint density at radius 3 is 2.72 bits per heavy atom. The molecule has 2 aliphatic heterocycles. The maximum Gasteiger partial charge on any atom is 0.247 e. The van der Waals surface area contributed by atoms with Crippen LogP contribution >= 0.6 is 0 Å². The number of fused-ring (bicyclic) bond motifs is 2. The molecule has 7 nitrogen and oxygen atoms in total.